The molecule has 2 N–H and O–H groups in total. The highest BCUT2D eigenvalue weighted by molar-refractivity contribution is 6.06. The molecule has 0 saturated carbocycles. The summed E-state index contributed by atoms with van der Waals surface area (Å²) in [6.45, 7) is 2.81. The van der Waals surface area contributed by atoms with E-state index in [0.29, 0.717) is 19.6 Å². The van der Waals surface area contributed by atoms with E-state index >= 15 is 0 Å². The number of nitrogens with one attached hydrogen (secondary N) is 2. The Morgan fingerprint density at radius 1 is 1.35 bits per heavy atom. The third-order valence-corrected chi connectivity index (χ3v) is 4.00. The summed E-state index contributed by atoms with van der Waals surface area (Å²) in [5, 5.41) is 8.78. The third kappa shape index (κ3) is 4.32. The number of urea groups is 1. The summed E-state index contributed by atoms with van der Waals surface area (Å²) in [6.07, 6.45) is 8.40. The first-order valence-corrected chi connectivity index (χ1v) is 8.32. The van der Waals surface area contributed by atoms with E-state index in [2.05, 4.69) is 32.5 Å². The molecule has 0 aromatic carbocycles. The summed E-state index contributed by atoms with van der Waals surface area (Å²) in [5.41, 5.74) is 1.75. The fraction of sp³-hybridized carbons (Fsp3) is 0.389. The van der Waals surface area contributed by atoms with Gasteiger partial charge in [0.05, 0.1) is 13.2 Å². The van der Waals surface area contributed by atoms with E-state index in [1.807, 2.05) is 24.3 Å². The van der Waals surface area contributed by atoms with E-state index in [0.717, 1.165) is 30.1 Å². The monoisotopic (exact) mass is 356 g/mol. The number of imide groups is 1. The van der Waals surface area contributed by atoms with Crippen LogP contribution in [0.25, 0.3) is 0 Å². The number of amidine groups is 1. The summed E-state index contributed by atoms with van der Waals surface area (Å²) in [4.78, 5) is 29.8. The molecule has 0 unspecified atom stereocenters. The van der Waals surface area contributed by atoms with Gasteiger partial charge in [0.2, 0.25) is 0 Å². The van der Waals surface area contributed by atoms with Crippen molar-refractivity contribution in [2.24, 2.45) is 5.16 Å². The van der Waals surface area contributed by atoms with Crippen LogP contribution in [-0.4, -0.2) is 62.1 Å². The van der Waals surface area contributed by atoms with Gasteiger partial charge in [-0.15, -0.1) is 0 Å². The minimum atomic E-state index is -0.807. The predicted molar refractivity (Wildman–Crippen MR) is 95.0 cm³/mol. The second-order valence-electron chi connectivity index (χ2n) is 5.78. The van der Waals surface area contributed by atoms with Crippen LogP contribution in [0.4, 0.5) is 4.79 Å². The molecule has 1 aliphatic carbocycles. The SMILES string of the molecule is CO/N=C(/C1=CC=C(C#C[C@@H]2NC(=O)NC2=O)CC=C1)N1CCOCC1. The Kier molecular flexibility index (Phi) is 5.71. The molecule has 2 heterocycles. The van der Waals surface area contributed by atoms with Gasteiger partial charge in [-0.1, -0.05) is 35.2 Å². The van der Waals surface area contributed by atoms with Gasteiger partial charge in [0.15, 0.2) is 11.9 Å². The van der Waals surface area contributed by atoms with Gasteiger partial charge < -0.3 is 19.8 Å². The molecule has 8 heteroatoms. The Balaban J connectivity index is 1.76. The molecule has 1 atom stereocenters. The van der Waals surface area contributed by atoms with Crippen molar-refractivity contribution in [3.8, 4) is 11.8 Å². The lowest BCUT2D eigenvalue weighted by Crippen LogP contribution is -2.41. The lowest BCUT2D eigenvalue weighted by atomic mass is 10.1. The molecule has 0 aromatic rings. The van der Waals surface area contributed by atoms with Gasteiger partial charge in [0.1, 0.15) is 7.11 Å². The first-order chi connectivity index (χ1) is 12.7. The molecule has 0 radical (unpaired) electrons. The molecule has 2 fully saturated rings. The fourth-order valence-electron chi connectivity index (χ4n) is 2.71. The van der Waals surface area contributed by atoms with Crippen molar-refractivity contribution in [2.45, 2.75) is 12.5 Å². The van der Waals surface area contributed by atoms with E-state index in [1.54, 1.807) is 0 Å². The van der Waals surface area contributed by atoms with Crippen LogP contribution in [0.1, 0.15) is 6.42 Å². The predicted octanol–water partition coefficient (Wildman–Crippen LogP) is 0.303. The van der Waals surface area contributed by atoms with E-state index in [-0.39, 0.29) is 0 Å². The molecule has 0 spiro atoms. The smallest absolute Gasteiger partial charge is 0.322 e. The Labute approximate surface area is 151 Å². The highest BCUT2D eigenvalue weighted by Gasteiger charge is 2.27. The van der Waals surface area contributed by atoms with Crippen molar-refractivity contribution in [3.05, 3.63) is 35.5 Å². The quantitative estimate of drug-likeness (QED) is 0.244. The molecule has 0 bridgehead atoms. The van der Waals surface area contributed by atoms with Gasteiger partial charge in [-0.2, -0.15) is 0 Å². The second kappa shape index (κ2) is 8.36. The molecule has 136 valence electrons. The topological polar surface area (TPSA) is 92.3 Å². The van der Waals surface area contributed by atoms with Gasteiger partial charge in [-0.25, -0.2) is 4.79 Å². The molecule has 26 heavy (non-hydrogen) atoms. The number of carbonyl (C=O) groups excluding carboxylic acids is 2. The maximum Gasteiger partial charge on any atom is 0.322 e. The molecular formula is C18H20N4O4. The van der Waals surface area contributed by atoms with E-state index in [4.69, 9.17) is 9.57 Å². The summed E-state index contributed by atoms with van der Waals surface area (Å²) in [5.74, 6) is 6.07. The van der Waals surface area contributed by atoms with Crippen LogP contribution in [-0.2, 0) is 14.4 Å². The number of nitrogens with zero attached hydrogens (tertiary/aromatic N) is 2. The zero-order valence-electron chi connectivity index (χ0n) is 14.4. The second-order valence-corrected chi connectivity index (χ2v) is 5.78. The maximum atomic E-state index is 11.5. The van der Waals surface area contributed by atoms with Crippen LogP contribution >= 0.6 is 0 Å². The summed E-state index contributed by atoms with van der Waals surface area (Å²) < 4.78 is 5.39. The van der Waals surface area contributed by atoms with Crippen molar-refractivity contribution < 1.29 is 19.2 Å². The first-order valence-electron chi connectivity index (χ1n) is 8.32. The number of carbonyl (C=O) groups is 2. The number of morpholine rings is 1. The minimum absolute atomic E-state index is 0.426. The molecule has 3 aliphatic rings. The highest BCUT2D eigenvalue weighted by atomic mass is 16.6. The zero-order valence-corrected chi connectivity index (χ0v) is 14.4. The van der Waals surface area contributed by atoms with Gasteiger partial charge >= 0.3 is 6.03 Å². The van der Waals surface area contributed by atoms with Crippen LogP contribution in [0, 0.1) is 11.8 Å². The van der Waals surface area contributed by atoms with Crippen LogP contribution in [0.5, 0.6) is 0 Å². The Morgan fingerprint density at radius 3 is 2.85 bits per heavy atom. The maximum absolute atomic E-state index is 11.5. The number of amides is 3. The molecule has 0 aromatic heterocycles. The Bertz CT molecular complexity index is 764. The zero-order chi connectivity index (χ0) is 18.4. The van der Waals surface area contributed by atoms with Crippen molar-refractivity contribution in [2.75, 3.05) is 33.4 Å². The number of hydrogen-bond acceptors (Lipinski definition) is 5. The first kappa shape index (κ1) is 17.8. The standard InChI is InChI=1S/C18H20N4O4/c1-25-21-16(22-9-11-26-12-10-22)14-4-2-3-13(5-7-14)6-8-15-17(23)20-18(24)19-15/h2,4-5,7,15H,3,9-12H2,1H3,(H2,19,20,23,24)/b21-16-/t15-/m0/s1. The van der Waals surface area contributed by atoms with E-state index in [9.17, 15) is 9.59 Å². The average molecular weight is 356 g/mol. The van der Waals surface area contributed by atoms with Crippen LogP contribution in [0.3, 0.4) is 0 Å². The largest absolute Gasteiger partial charge is 0.397 e. The normalized spacial score (nSPS) is 23.2. The van der Waals surface area contributed by atoms with Crippen molar-refractivity contribution in [1.29, 1.82) is 0 Å². The molecule has 2 aliphatic heterocycles. The lowest BCUT2D eigenvalue weighted by Gasteiger charge is -2.29. The summed E-state index contributed by atoms with van der Waals surface area (Å²) in [6, 6.07) is -1.32. The molecular weight excluding hydrogens is 336 g/mol. The molecule has 3 rings (SSSR count). The fourth-order valence-corrected chi connectivity index (χ4v) is 2.71. The van der Waals surface area contributed by atoms with Crippen molar-refractivity contribution >= 4 is 17.8 Å². The number of rotatable bonds is 2. The third-order valence-electron chi connectivity index (χ3n) is 4.00. The van der Waals surface area contributed by atoms with Crippen LogP contribution in [0.15, 0.2) is 40.6 Å². The summed E-state index contributed by atoms with van der Waals surface area (Å²) >= 11 is 0. The molecule has 2 saturated heterocycles. The highest BCUT2D eigenvalue weighted by Crippen LogP contribution is 2.15. The van der Waals surface area contributed by atoms with Crippen LogP contribution in [0.2, 0.25) is 0 Å². The van der Waals surface area contributed by atoms with E-state index in [1.165, 1.54) is 7.11 Å². The van der Waals surface area contributed by atoms with Gasteiger partial charge in [0, 0.05) is 24.2 Å². The van der Waals surface area contributed by atoms with Crippen molar-refractivity contribution in [3.63, 3.8) is 0 Å². The van der Waals surface area contributed by atoms with Crippen molar-refractivity contribution in [1.82, 2.24) is 15.5 Å². The Hall–Kier alpha value is -3.05. The van der Waals surface area contributed by atoms with Gasteiger partial charge in [-0.3, -0.25) is 10.1 Å². The van der Waals surface area contributed by atoms with Gasteiger partial charge in [-0.05, 0) is 12.5 Å². The van der Waals surface area contributed by atoms with E-state index < -0.39 is 18.0 Å². The lowest BCUT2D eigenvalue weighted by molar-refractivity contribution is -0.119. The minimum Gasteiger partial charge on any atom is -0.397 e. The molecule has 8 nitrogen and oxygen atoms in total. The Morgan fingerprint density at radius 2 is 2.15 bits per heavy atom. The number of oxime groups is 1. The number of allylic oxidation sites excluding steroid dienone is 4. The average Bonchev–Trinajstić information content (AvgIpc) is 2.84. The summed E-state index contributed by atoms with van der Waals surface area (Å²) in [7, 11) is 1.52. The molecule has 3 amide bonds. The van der Waals surface area contributed by atoms with Gasteiger partial charge in [0.25, 0.3) is 5.91 Å². The van der Waals surface area contributed by atoms with Crippen LogP contribution < -0.4 is 10.6 Å². The number of hydrogen-bond donors (Lipinski definition) is 2. The number of ether oxygens (including phenoxy) is 1.